The van der Waals surface area contributed by atoms with Crippen LogP contribution in [0, 0.1) is 12.8 Å². The van der Waals surface area contributed by atoms with E-state index in [-0.39, 0.29) is 5.56 Å². The van der Waals surface area contributed by atoms with Crippen LogP contribution >= 0.6 is 0 Å². The van der Waals surface area contributed by atoms with Crippen LogP contribution in [0.4, 0.5) is 0 Å². The Kier molecular flexibility index (Phi) is 5.44. The Bertz CT molecular complexity index is 934. The summed E-state index contributed by atoms with van der Waals surface area (Å²) in [6, 6.07) is 16.5. The van der Waals surface area contributed by atoms with Gasteiger partial charge in [0.15, 0.2) is 5.58 Å². The van der Waals surface area contributed by atoms with Gasteiger partial charge in [0.25, 0.3) is 5.56 Å². The molecular weight excluding hydrogens is 336 g/mol. The maximum atomic E-state index is 12.4. The Morgan fingerprint density at radius 3 is 2.59 bits per heavy atom. The number of likely N-dealkylation sites (tertiary alicyclic amines) is 1. The van der Waals surface area contributed by atoms with E-state index in [2.05, 4.69) is 35.2 Å². The predicted molar refractivity (Wildman–Crippen MR) is 109 cm³/mol. The molecule has 2 heterocycles. The quantitative estimate of drug-likeness (QED) is 0.656. The van der Waals surface area contributed by atoms with Crippen LogP contribution in [-0.2, 0) is 13.0 Å². The van der Waals surface area contributed by atoms with Gasteiger partial charge in [-0.15, -0.1) is 0 Å². The van der Waals surface area contributed by atoms with Crippen LogP contribution in [0.1, 0.15) is 30.4 Å². The van der Waals surface area contributed by atoms with Crippen LogP contribution in [-0.4, -0.2) is 29.3 Å². The van der Waals surface area contributed by atoms with Crippen molar-refractivity contribution < 1.29 is 4.52 Å². The zero-order valence-electron chi connectivity index (χ0n) is 16.1. The highest BCUT2D eigenvalue weighted by Crippen LogP contribution is 2.22. The second-order valence-electron chi connectivity index (χ2n) is 7.81. The molecule has 0 bridgehead atoms. The van der Waals surface area contributed by atoms with Crippen LogP contribution in [0.5, 0.6) is 0 Å². The molecular formula is C23H28N2O2. The first-order chi connectivity index (χ1) is 13.2. The summed E-state index contributed by atoms with van der Waals surface area (Å²) in [5.41, 5.74) is 3.24. The smallest absolute Gasteiger partial charge is 0.290 e. The highest BCUT2D eigenvalue weighted by Gasteiger charge is 2.20. The van der Waals surface area contributed by atoms with Gasteiger partial charge in [-0.1, -0.05) is 36.4 Å². The maximum Gasteiger partial charge on any atom is 0.290 e. The highest BCUT2D eigenvalue weighted by molar-refractivity contribution is 5.76. The Labute approximate surface area is 160 Å². The third-order valence-electron chi connectivity index (χ3n) is 5.81. The number of piperidine rings is 1. The molecule has 27 heavy (non-hydrogen) atoms. The topological polar surface area (TPSA) is 38.4 Å². The lowest BCUT2D eigenvalue weighted by atomic mass is 9.93. The molecule has 0 amide bonds. The average molecular weight is 364 g/mol. The van der Waals surface area contributed by atoms with Gasteiger partial charge in [-0.3, -0.25) is 4.79 Å². The summed E-state index contributed by atoms with van der Waals surface area (Å²) < 4.78 is 7.32. The summed E-state index contributed by atoms with van der Waals surface area (Å²) >= 11 is 0. The molecule has 0 radical (unpaired) electrons. The molecule has 1 fully saturated rings. The van der Waals surface area contributed by atoms with Gasteiger partial charge in [0.05, 0.1) is 11.9 Å². The first kappa shape index (κ1) is 18.1. The molecule has 1 saturated heterocycles. The molecule has 1 aromatic heterocycles. The first-order valence-electron chi connectivity index (χ1n) is 10.1. The van der Waals surface area contributed by atoms with Crippen molar-refractivity contribution in [2.75, 3.05) is 19.6 Å². The van der Waals surface area contributed by atoms with Crippen LogP contribution in [0.15, 0.2) is 57.8 Å². The highest BCUT2D eigenvalue weighted by atomic mass is 16.5. The zero-order chi connectivity index (χ0) is 18.6. The lowest BCUT2D eigenvalue weighted by Crippen LogP contribution is -2.35. The van der Waals surface area contributed by atoms with Gasteiger partial charge in [0.1, 0.15) is 0 Å². The van der Waals surface area contributed by atoms with E-state index in [0.29, 0.717) is 23.4 Å². The summed E-state index contributed by atoms with van der Waals surface area (Å²) in [5, 5.41) is 0.691. The monoisotopic (exact) mass is 364 g/mol. The zero-order valence-corrected chi connectivity index (χ0v) is 16.1. The first-order valence-corrected chi connectivity index (χ1v) is 10.1. The minimum absolute atomic E-state index is 0.00490. The number of benzene rings is 2. The van der Waals surface area contributed by atoms with Crippen molar-refractivity contribution in [2.24, 2.45) is 5.92 Å². The van der Waals surface area contributed by atoms with Gasteiger partial charge in [-0.05, 0) is 74.9 Å². The molecule has 4 rings (SSSR count). The number of hydrogen-bond acceptors (Lipinski definition) is 3. The molecule has 0 spiro atoms. The largest absolute Gasteiger partial charge is 0.376 e. The lowest BCUT2D eigenvalue weighted by Gasteiger charge is -2.31. The predicted octanol–water partition coefficient (Wildman–Crippen LogP) is 4.25. The number of aromatic nitrogens is 1. The second kappa shape index (κ2) is 8.13. The molecule has 4 nitrogen and oxygen atoms in total. The van der Waals surface area contributed by atoms with Crippen molar-refractivity contribution in [1.82, 2.24) is 9.64 Å². The lowest BCUT2D eigenvalue weighted by molar-refractivity contribution is 0.166. The normalized spacial score (nSPS) is 16.2. The second-order valence-corrected chi connectivity index (χ2v) is 7.81. The molecule has 0 atom stereocenters. The van der Waals surface area contributed by atoms with Crippen molar-refractivity contribution in [3.63, 3.8) is 0 Å². The van der Waals surface area contributed by atoms with Crippen molar-refractivity contribution in [3.8, 4) is 0 Å². The Morgan fingerprint density at radius 2 is 1.81 bits per heavy atom. The molecule has 3 aromatic rings. The van der Waals surface area contributed by atoms with E-state index in [1.165, 1.54) is 18.4 Å². The fourth-order valence-electron chi connectivity index (χ4n) is 4.05. The molecule has 0 aliphatic carbocycles. The number of hydrogen-bond donors (Lipinski definition) is 0. The summed E-state index contributed by atoms with van der Waals surface area (Å²) in [6.45, 7) is 6.15. The van der Waals surface area contributed by atoms with Crippen molar-refractivity contribution >= 4 is 11.0 Å². The molecule has 1 aliphatic rings. The molecule has 0 saturated carbocycles. The Hall–Kier alpha value is -2.33. The number of nitrogens with zero attached hydrogens (tertiary/aromatic N) is 2. The minimum Gasteiger partial charge on any atom is -0.376 e. The van der Waals surface area contributed by atoms with Crippen LogP contribution < -0.4 is 5.56 Å². The Balaban J connectivity index is 1.26. The van der Waals surface area contributed by atoms with Gasteiger partial charge in [0, 0.05) is 6.54 Å². The molecule has 1 aliphatic heterocycles. The third kappa shape index (κ3) is 4.33. The Morgan fingerprint density at radius 1 is 1.04 bits per heavy atom. The third-order valence-corrected chi connectivity index (χ3v) is 5.81. The van der Waals surface area contributed by atoms with E-state index in [9.17, 15) is 4.79 Å². The average Bonchev–Trinajstić information content (AvgIpc) is 3.01. The summed E-state index contributed by atoms with van der Waals surface area (Å²) in [4.78, 5) is 15.0. The van der Waals surface area contributed by atoms with E-state index in [1.807, 2.05) is 25.1 Å². The van der Waals surface area contributed by atoms with E-state index in [0.717, 1.165) is 38.0 Å². The molecule has 2 aromatic carbocycles. The standard InChI is InChI=1S/C23H28N2O2/c1-18-7-8-21-22(17-18)27-25(23(21)26)16-12-20-10-14-24(15-11-20)13-9-19-5-3-2-4-6-19/h2-8,17,20H,9-16H2,1H3. The van der Waals surface area contributed by atoms with E-state index >= 15 is 0 Å². The van der Waals surface area contributed by atoms with Crippen LogP contribution in [0.25, 0.3) is 11.0 Å². The van der Waals surface area contributed by atoms with Crippen LogP contribution in [0.3, 0.4) is 0 Å². The summed E-state index contributed by atoms with van der Waals surface area (Å²) in [6.07, 6.45) is 4.57. The minimum atomic E-state index is 0.00490. The molecule has 0 N–H and O–H groups in total. The molecule has 142 valence electrons. The molecule has 0 unspecified atom stereocenters. The van der Waals surface area contributed by atoms with Gasteiger partial charge >= 0.3 is 0 Å². The van der Waals surface area contributed by atoms with Gasteiger partial charge < -0.3 is 9.42 Å². The van der Waals surface area contributed by atoms with Crippen LogP contribution in [0.2, 0.25) is 0 Å². The van der Waals surface area contributed by atoms with Crippen molar-refractivity contribution in [2.45, 2.75) is 39.2 Å². The van der Waals surface area contributed by atoms with Gasteiger partial charge in [-0.25, -0.2) is 0 Å². The fraction of sp³-hybridized carbons (Fsp3) is 0.435. The molecule has 4 heteroatoms. The number of fused-ring (bicyclic) bond motifs is 1. The van der Waals surface area contributed by atoms with Crippen molar-refractivity contribution in [3.05, 3.63) is 70.0 Å². The van der Waals surface area contributed by atoms with E-state index < -0.39 is 0 Å². The summed E-state index contributed by atoms with van der Waals surface area (Å²) in [5.74, 6) is 0.680. The van der Waals surface area contributed by atoms with Gasteiger partial charge in [0.2, 0.25) is 0 Å². The SMILES string of the molecule is Cc1ccc2c(=O)n(CCC3CCN(CCc4ccccc4)CC3)oc2c1. The van der Waals surface area contributed by atoms with E-state index in [1.54, 1.807) is 4.74 Å². The maximum absolute atomic E-state index is 12.4. The van der Waals surface area contributed by atoms with Gasteiger partial charge in [-0.2, -0.15) is 4.74 Å². The summed E-state index contributed by atoms with van der Waals surface area (Å²) in [7, 11) is 0. The van der Waals surface area contributed by atoms with E-state index in [4.69, 9.17) is 4.52 Å². The number of aryl methyl sites for hydroxylation is 2. The fourth-order valence-corrected chi connectivity index (χ4v) is 4.05. The number of rotatable bonds is 6. The van der Waals surface area contributed by atoms with Crippen molar-refractivity contribution in [1.29, 1.82) is 0 Å².